The Morgan fingerprint density at radius 1 is 0.967 bits per heavy atom. The van der Waals surface area contributed by atoms with E-state index in [1.54, 1.807) is 0 Å². The van der Waals surface area contributed by atoms with Crippen LogP contribution in [0.2, 0.25) is 5.02 Å². The molecule has 1 saturated heterocycles. The minimum absolute atomic E-state index is 0.0383. The van der Waals surface area contributed by atoms with Gasteiger partial charge < -0.3 is 10.2 Å². The lowest BCUT2D eigenvalue weighted by molar-refractivity contribution is -0.158. The van der Waals surface area contributed by atoms with Crippen LogP contribution in [0.15, 0.2) is 24.3 Å². The third-order valence-electron chi connectivity index (χ3n) is 8.19. The number of halogens is 1. The van der Waals surface area contributed by atoms with Crippen LogP contribution >= 0.6 is 11.6 Å². The van der Waals surface area contributed by atoms with Gasteiger partial charge in [-0.05, 0) is 93.2 Å². The normalized spacial score (nSPS) is 33.0. The predicted molar refractivity (Wildman–Crippen MR) is 118 cm³/mol. The minimum Gasteiger partial charge on any atom is -0.353 e. The Balaban J connectivity index is 1.09. The number of carbonyl (C=O) groups is 2. The van der Waals surface area contributed by atoms with E-state index < -0.39 is 0 Å². The molecule has 0 atom stereocenters. The number of benzene rings is 1. The lowest BCUT2D eigenvalue weighted by atomic mass is 9.49. The molecule has 2 amide bonds. The highest BCUT2D eigenvalue weighted by Crippen LogP contribution is 2.60. The summed E-state index contributed by atoms with van der Waals surface area (Å²) in [7, 11) is 0. The van der Waals surface area contributed by atoms with Crippen molar-refractivity contribution in [3.63, 3.8) is 0 Å². The molecule has 4 aliphatic carbocycles. The first kappa shape index (κ1) is 20.4. The van der Waals surface area contributed by atoms with Gasteiger partial charge in [-0.1, -0.05) is 23.7 Å². The fourth-order valence-electron chi connectivity index (χ4n) is 7.14. The Labute approximate surface area is 184 Å². The van der Waals surface area contributed by atoms with Gasteiger partial charge in [-0.2, -0.15) is 0 Å². The Bertz CT molecular complexity index is 763. The summed E-state index contributed by atoms with van der Waals surface area (Å²) in [6.07, 6.45) is 10.5. The van der Waals surface area contributed by atoms with E-state index in [0.717, 1.165) is 80.0 Å². The van der Waals surface area contributed by atoms with Crippen LogP contribution in [0.25, 0.3) is 0 Å². The van der Waals surface area contributed by atoms with Gasteiger partial charge in [0.2, 0.25) is 11.8 Å². The lowest BCUT2D eigenvalue weighted by Crippen LogP contribution is -2.56. The molecule has 0 radical (unpaired) electrons. The van der Waals surface area contributed by atoms with Gasteiger partial charge in [0.05, 0.1) is 5.41 Å². The highest BCUT2D eigenvalue weighted by Gasteiger charge is 2.55. The van der Waals surface area contributed by atoms with Gasteiger partial charge >= 0.3 is 0 Å². The number of aryl methyl sites for hydroxylation is 1. The van der Waals surface area contributed by atoms with Crippen molar-refractivity contribution in [3.8, 4) is 0 Å². The summed E-state index contributed by atoms with van der Waals surface area (Å²) >= 11 is 5.92. The molecule has 4 bridgehead atoms. The number of hydrogen-bond donors (Lipinski definition) is 1. The van der Waals surface area contributed by atoms with Crippen LogP contribution in [0.4, 0.5) is 0 Å². The summed E-state index contributed by atoms with van der Waals surface area (Å²) < 4.78 is 0. The third-order valence-corrected chi connectivity index (χ3v) is 8.45. The molecule has 5 aliphatic rings. The topological polar surface area (TPSA) is 49.4 Å². The number of rotatable bonds is 5. The maximum Gasteiger partial charge on any atom is 0.228 e. The molecule has 162 valence electrons. The van der Waals surface area contributed by atoms with Crippen LogP contribution in [-0.2, 0) is 16.0 Å². The monoisotopic (exact) mass is 428 g/mol. The van der Waals surface area contributed by atoms with Crippen LogP contribution in [0, 0.1) is 23.2 Å². The van der Waals surface area contributed by atoms with Crippen LogP contribution in [0.5, 0.6) is 0 Å². The summed E-state index contributed by atoms with van der Waals surface area (Å²) in [5, 5.41) is 3.91. The molecule has 0 unspecified atom stereocenters. The Morgan fingerprint density at radius 2 is 1.53 bits per heavy atom. The maximum absolute atomic E-state index is 13.5. The van der Waals surface area contributed by atoms with Crippen molar-refractivity contribution in [1.82, 2.24) is 10.2 Å². The molecule has 1 heterocycles. The molecular weight excluding hydrogens is 396 g/mol. The first-order chi connectivity index (χ1) is 14.5. The Hall–Kier alpha value is -1.55. The average Bonchev–Trinajstić information content (AvgIpc) is 2.72. The Morgan fingerprint density at radius 3 is 2.10 bits per heavy atom. The van der Waals surface area contributed by atoms with E-state index >= 15 is 0 Å². The summed E-state index contributed by atoms with van der Waals surface area (Å²) in [5.74, 6) is 2.96. The molecule has 1 aromatic carbocycles. The predicted octanol–water partition coefficient (Wildman–Crippen LogP) is 4.60. The van der Waals surface area contributed by atoms with Crippen LogP contribution in [0.3, 0.4) is 0 Å². The number of hydrogen-bond acceptors (Lipinski definition) is 2. The largest absolute Gasteiger partial charge is 0.353 e. The van der Waals surface area contributed by atoms with Gasteiger partial charge in [0.15, 0.2) is 0 Å². The molecule has 1 aromatic rings. The molecule has 0 aromatic heterocycles. The van der Waals surface area contributed by atoms with Crippen LogP contribution < -0.4 is 5.32 Å². The van der Waals surface area contributed by atoms with E-state index in [2.05, 4.69) is 10.2 Å². The summed E-state index contributed by atoms with van der Waals surface area (Å²) in [5.41, 5.74) is 1.09. The molecule has 0 spiro atoms. The zero-order chi connectivity index (χ0) is 20.7. The van der Waals surface area contributed by atoms with Gasteiger partial charge in [0.25, 0.3) is 0 Å². The van der Waals surface area contributed by atoms with Crippen molar-refractivity contribution < 1.29 is 9.59 Å². The van der Waals surface area contributed by atoms with Crippen molar-refractivity contribution in [1.29, 1.82) is 0 Å². The molecule has 30 heavy (non-hydrogen) atoms. The fourth-order valence-corrected chi connectivity index (χ4v) is 7.27. The third kappa shape index (κ3) is 4.12. The smallest absolute Gasteiger partial charge is 0.228 e. The molecule has 4 nitrogen and oxygen atoms in total. The molecule has 4 saturated carbocycles. The van der Waals surface area contributed by atoms with Gasteiger partial charge in [-0.15, -0.1) is 0 Å². The average molecular weight is 429 g/mol. The van der Waals surface area contributed by atoms with E-state index in [1.807, 2.05) is 24.3 Å². The van der Waals surface area contributed by atoms with Gasteiger partial charge in [-0.3, -0.25) is 9.59 Å². The van der Waals surface area contributed by atoms with Crippen LogP contribution in [0.1, 0.15) is 63.4 Å². The van der Waals surface area contributed by atoms with Crippen molar-refractivity contribution >= 4 is 23.4 Å². The lowest BCUT2D eigenvalue weighted by Gasteiger charge is -2.57. The molecular formula is C25H33ClN2O2. The van der Waals surface area contributed by atoms with Crippen molar-refractivity contribution in [2.75, 3.05) is 13.1 Å². The highest BCUT2D eigenvalue weighted by molar-refractivity contribution is 6.30. The van der Waals surface area contributed by atoms with E-state index in [9.17, 15) is 9.59 Å². The van der Waals surface area contributed by atoms with Gasteiger partial charge in [0, 0.05) is 30.6 Å². The maximum atomic E-state index is 13.5. The molecule has 6 rings (SSSR count). The summed E-state index contributed by atoms with van der Waals surface area (Å²) in [4.78, 5) is 28.0. The van der Waals surface area contributed by atoms with Crippen LogP contribution in [-0.4, -0.2) is 35.8 Å². The summed E-state index contributed by atoms with van der Waals surface area (Å²) in [6.45, 7) is 1.59. The first-order valence-corrected chi connectivity index (χ1v) is 12.2. The van der Waals surface area contributed by atoms with Crippen molar-refractivity contribution in [2.24, 2.45) is 23.2 Å². The second-order valence-corrected chi connectivity index (χ2v) is 10.9. The number of nitrogens with zero attached hydrogens (tertiary/aromatic N) is 1. The highest BCUT2D eigenvalue weighted by atomic mass is 35.5. The van der Waals surface area contributed by atoms with Crippen molar-refractivity contribution in [3.05, 3.63) is 34.9 Å². The molecule has 1 aliphatic heterocycles. The standard InChI is InChI=1S/C25H33ClN2O2/c26-21-4-1-17(2-5-21)3-6-23(29)27-22-7-9-28(10-8-22)24(30)25-14-18-11-19(15-25)13-20(12-18)16-25/h1-2,4-5,18-20,22H,3,6-16H2,(H,27,29). The molecule has 1 N–H and O–H groups in total. The van der Waals surface area contributed by atoms with Crippen molar-refractivity contribution in [2.45, 2.75) is 70.3 Å². The number of likely N-dealkylation sites (tertiary alicyclic amines) is 1. The second-order valence-electron chi connectivity index (χ2n) is 10.5. The number of nitrogens with one attached hydrogen (secondary N) is 1. The van der Waals surface area contributed by atoms with E-state index in [4.69, 9.17) is 11.6 Å². The number of carbonyl (C=O) groups excluding carboxylic acids is 2. The second kappa shape index (κ2) is 8.18. The quantitative estimate of drug-likeness (QED) is 0.745. The first-order valence-electron chi connectivity index (χ1n) is 11.8. The molecule has 5 heteroatoms. The van der Waals surface area contributed by atoms with E-state index in [1.165, 1.54) is 19.3 Å². The van der Waals surface area contributed by atoms with E-state index in [0.29, 0.717) is 12.3 Å². The van der Waals surface area contributed by atoms with Gasteiger partial charge in [-0.25, -0.2) is 0 Å². The SMILES string of the molecule is O=C(CCc1ccc(Cl)cc1)NC1CCN(C(=O)C23CC4CC(CC(C4)C2)C3)CC1. The summed E-state index contributed by atoms with van der Waals surface area (Å²) in [6, 6.07) is 7.88. The van der Waals surface area contributed by atoms with Gasteiger partial charge in [0.1, 0.15) is 0 Å². The minimum atomic E-state index is -0.0383. The number of piperidine rings is 1. The Kier molecular flexibility index (Phi) is 5.55. The number of amides is 2. The molecule has 5 fully saturated rings. The van der Waals surface area contributed by atoms with E-state index in [-0.39, 0.29) is 17.4 Å². The zero-order valence-corrected chi connectivity index (χ0v) is 18.5. The zero-order valence-electron chi connectivity index (χ0n) is 17.7. The fraction of sp³-hybridized carbons (Fsp3) is 0.680.